The van der Waals surface area contributed by atoms with Crippen LogP contribution in [0.25, 0.3) is 24.3 Å². The van der Waals surface area contributed by atoms with E-state index in [-0.39, 0.29) is 6.10 Å². The fourth-order valence-corrected chi connectivity index (χ4v) is 3.97. The summed E-state index contributed by atoms with van der Waals surface area (Å²) >= 11 is 0. The molecule has 3 aromatic heterocycles. The van der Waals surface area contributed by atoms with Gasteiger partial charge in [-0.05, 0) is 66.0 Å². The van der Waals surface area contributed by atoms with Crippen LogP contribution in [0.1, 0.15) is 46.7 Å². The van der Waals surface area contributed by atoms with Crippen molar-refractivity contribution in [3.63, 3.8) is 0 Å². The molecule has 1 atom stereocenters. The molecule has 0 radical (unpaired) electrons. The molecule has 5 nitrogen and oxygen atoms in total. The van der Waals surface area contributed by atoms with Gasteiger partial charge >= 0.3 is 0 Å². The first-order valence-corrected chi connectivity index (χ1v) is 11.0. The van der Waals surface area contributed by atoms with Gasteiger partial charge in [0.05, 0.1) is 29.8 Å². The second-order valence-corrected chi connectivity index (χ2v) is 7.99. The Labute approximate surface area is 187 Å². The maximum Gasteiger partial charge on any atom is 0.0896 e. The standard InChI is InChI=1S/C27H26N4O/c1-2-10-27-26(9-1)21(18-29-27)12-14-23-17-22(30-31-23)13-11-20-6-5-8-25(16-20)32-19-24-7-3-4-15-28-24/h2-8,10-15,17-18,25,29H,1,9,16,19H2,(H,30,31)/b13-11+,14-12+. The van der Waals surface area contributed by atoms with Crippen molar-refractivity contribution in [2.45, 2.75) is 32.0 Å². The van der Waals surface area contributed by atoms with Crippen molar-refractivity contribution in [2.75, 3.05) is 0 Å². The largest absolute Gasteiger partial charge is 0.368 e. The predicted octanol–water partition coefficient (Wildman–Crippen LogP) is 5.75. The molecule has 5 heteroatoms. The molecule has 2 aliphatic carbocycles. The lowest BCUT2D eigenvalue weighted by molar-refractivity contribution is 0.0699. The number of fused-ring (bicyclic) bond motifs is 1. The van der Waals surface area contributed by atoms with Crippen molar-refractivity contribution < 1.29 is 4.74 Å². The van der Waals surface area contributed by atoms with E-state index in [0.29, 0.717) is 6.61 Å². The summed E-state index contributed by atoms with van der Waals surface area (Å²) in [5, 5.41) is 7.52. The molecule has 2 N–H and O–H groups in total. The first-order chi connectivity index (χ1) is 15.8. The Hall–Kier alpha value is -3.70. The van der Waals surface area contributed by atoms with Crippen molar-refractivity contribution in [1.29, 1.82) is 0 Å². The van der Waals surface area contributed by atoms with E-state index in [1.165, 1.54) is 22.4 Å². The number of nitrogens with zero attached hydrogens (tertiary/aromatic N) is 2. The number of aromatic nitrogens is 4. The van der Waals surface area contributed by atoms with E-state index in [1.807, 2.05) is 24.3 Å². The molecule has 0 bridgehead atoms. The van der Waals surface area contributed by atoms with Crippen LogP contribution in [-0.4, -0.2) is 26.3 Å². The van der Waals surface area contributed by atoms with E-state index in [2.05, 4.69) is 81.0 Å². The van der Waals surface area contributed by atoms with Crippen molar-refractivity contribution in [3.05, 3.63) is 107 Å². The van der Waals surface area contributed by atoms with Crippen LogP contribution in [0.4, 0.5) is 0 Å². The summed E-state index contributed by atoms with van der Waals surface area (Å²) in [6, 6.07) is 7.93. The average molecular weight is 423 g/mol. The highest BCUT2D eigenvalue weighted by atomic mass is 16.5. The molecule has 0 aliphatic heterocycles. The van der Waals surface area contributed by atoms with Gasteiger partial charge in [-0.25, -0.2) is 0 Å². The van der Waals surface area contributed by atoms with Crippen LogP contribution in [-0.2, 0) is 17.8 Å². The molecule has 0 fully saturated rings. The van der Waals surface area contributed by atoms with Gasteiger partial charge in [0.2, 0.25) is 0 Å². The highest BCUT2D eigenvalue weighted by molar-refractivity contribution is 5.73. The second kappa shape index (κ2) is 9.62. The van der Waals surface area contributed by atoms with Crippen LogP contribution in [0.2, 0.25) is 0 Å². The number of nitrogens with one attached hydrogen (secondary N) is 2. The van der Waals surface area contributed by atoms with Crippen LogP contribution < -0.4 is 0 Å². The number of hydrogen-bond acceptors (Lipinski definition) is 3. The number of aromatic amines is 2. The third-order valence-corrected chi connectivity index (χ3v) is 5.67. The van der Waals surface area contributed by atoms with E-state index < -0.39 is 0 Å². The SMILES string of the molecule is C1=CC(OCc2ccccn2)CC(/C=C/c2cc(/C=C/c3c[nH]c4c3CCC=C4)[nH]n2)=C1. The van der Waals surface area contributed by atoms with Gasteiger partial charge in [-0.2, -0.15) is 5.10 Å². The minimum absolute atomic E-state index is 0.0569. The van der Waals surface area contributed by atoms with Crippen LogP contribution in [0, 0.1) is 0 Å². The van der Waals surface area contributed by atoms with Crippen LogP contribution in [0.5, 0.6) is 0 Å². The molecule has 0 saturated heterocycles. The van der Waals surface area contributed by atoms with Crippen molar-refractivity contribution in [3.8, 4) is 0 Å². The first kappa shape index (κ1) is 20.2. The smallest absolute Gasteiger partial charge is 0.0896 e. The van der Waals surface area contributed by atoms with Gasteiger partial charge in [0.1, 0.15) is 0 Å². The fraction of sp³-hybridized carbons (Fsp3) is 0.185. The normalized spacial score (nSPS) is 17.9. The fourth-order valence-electron chi connectivity index (χ4n) is 3.97. The first-order valence-electron chi connectivity index (χ1n) is 11.0. The molecule has 5 rings (SSSR count). The maximum absolute atomic E-state index is 6.00. The van der Waals surface area contributed by atoms with Gasteiger partial charge in [0.25, 0.3) is 0 Å². The van der Waals surface area contributed by atoms with Crippen molar-refractivity contribution in [1.82, 2.24) is 20.2 Å². The summed E-state index contributed by atoms with van der Waals surface area (Å²) in [6.45, 7) is 0.516. The van der Waals surface area contributed by atoms with Crippen molar-refractivity contribution in [2.24, 2.45) is 0 Å². The zero-order chi connectivity index (χ0) is 21.6. The molecule has 1 unspecified atom stereocenters. The Bertz CT molecular complexity index is 1210. The maximum atomic E-state index is 6.00. The summed E-state index contributed by atoms with van der Waals surface area (Å²) in [5.74, 6) is 0. The molecule has 32 heavy (non-hydrogen) atoms. The van der Waals surface area contributed by atoms with Gasteiger partial charge < -0.3 is 9.72 Å². The van der Waals surface area contributed by atoms with Gasteiger partial charge in [-0.15, -0.1) is 0 Å². The van der Waals surface area contributed by atoms with Crippen LogP contribution in [0.15, 0.2) is 72.6 Å². The summed E-state index contributed by atoms with van der Waals surface area (Å²) in [7, 11) is 0. The zero-order valence-electron chi connectivity index (χ0n) is 17.9. The zero-order valence-corrected chi connectivity index (χ0v) is 17.9. The number of rotatable bonds is 7. The molecular weight excluding hydrogens is 396 g/mol. The lowest BCUT2D eigenvalue weighted by Crippen LogP contribution is -2.13. The third-order valence-electron chi connectivity index (χ3n) is 5.67. The van der Waals surface area contributed by atoms with E-state index in [1.54, 1.807) is 6.20 Å². The molecule has 3 aromatic rings. The monoisotopic (exact) mass is 422 g/mol. The summed E-state index contributed by atoms with van der Waals surface area (Å²) in [6.07, 6.45) is 26.0. The second-order valence-electron chi connectivity index (χ2n) is 7.99. The number of ether oxygens (including phenoxy) is 1. The lowest BCUT2D eigenvalue weighted by Gasteiger charge is -2.17. The molecule has 3 heterocycles. The highest BCUT2D eigenvalue weighted by Gasteiger charge is 2.11. The quantitative estimate of drug-likeness (QED) is 0.510. The molecule has 0 saturated carbocycles. The van der Waals surface area contributed by atoms with Crippen LogP contribution >= 0.6 is 0 Å². The Balaban J connectivity index is 1.17. The van der Waals surface area contributed by atoms with E-state index in [0.717, 1.165) is 36.3 Å². The number of hydrogen-bond donors (Lipinski definition) is 2. The Morgan fingerprint density at radius 3 is 3.09 bits per heavy atom. The topological polar surface area (TPSA) is 66.6 Å². The predicted molar refractivity (Wildman–Crippen MR) is 129 cm³/mol. The van der Waals surface area contributed by atoms with E-state index in [9.17, 15) is 0 Å². The highest BCUT2D eigenvalue weighted by Crippen LogP contribution is 2.24. The average Bonchev–Trinajstić information content (AvgIpc) is 3.48. The molecule has 0 spiro atoms. The Kier molecular flexibility index (Phi) is 6.08. The van der Waals surface area contributed by atoms with Gasteiger partial charge in [-0.1, -0.05) is 42.5 Å². The van der Waals surface area contributed by atoms with E-state index >= 15 is 0 Å². The molecule has 2 aliphatic rings. The van der Waals surface area contributed by atoms with Crippen LogP contribution in [0.3, 0.4) is 0 Å². The summed E-state index contributed by atoms with van der Waals surface area (Å²) in [5.41, 5.74) is 7.91. The van der Waals surface area contributed by atoms with E-state index in [4.69, 9.17) is 4.74 Å². The molecular formula is C27H26N4O. The third kappa shape index (κ3) is 4.95. The minimum Gasteiger partial charge on any atom is -0.368 e. The number of allylic oxidation sites excluding steroid dienone is 4. The van der Waals surface area contributed by atoms with Crippen molar-refractivity contribution >= 4 is 24.3 Å². The lowest BCUT2D eigenvalue weighted by atomic mass is 10.00. The summed E-state index contributed by atoms with van der Waals surface area (Å²) < 4.78 is 6.00. The molecule has 0 amide bonds. The minimum atomic E-state index is 0.0569. The van der Waals surface area contributed by atoms with Gasteiger partial charge in [-0.3, -0.25) is 10.1 Å². The number of H-pyrrole nitrogens is 2. The van der Waals surface area contributed by atoms with Gasteiger partial charge in [0.15, 0.2) is 0 Å². The summed E-state index contributed by atoms with van der Waals surface area (Å²) in [4.78, 5) is 7.66. The molecule has 160 valence electrons. The van der Waals surface area contributed by atoms with Gasteiger partial charge in [0, 0.05) is 24.5 Å². The number of pyridine rings is 1. The Morgan fingerprint density at radius 1 is 1.16 bits per heavy atom. The molecule has 0 aromatic carbocycles. The Morgan fingerprint density at radius 2 is 2.16 bits per heavy atom.